The van der Waals surface area contributed by atoms with E-state index in [-0.39, 0.29) is 0 Å². The Kier molecular flexibility index (Phi) is 4.05. The predicted octanol–water partition coefficient (Wildman–Crippen LogP) is 3.60. The van der Waals surface area contributed by atoms with Crippen LogP contribution in [0.4, 0.5) is 5.95 Å². The van der Waals surface area contributed by atoms with Crippen LogP contribution >= 0.6 is 0 Å². The van der Waals surface area contributed by atoms with E-state index in [1.54, 1.807) is 7.11 Å². The highest BCUT2D eigenvalue weighted by Crippen LogP contribution is 2.18. The van der Waals surface area contributed by atoms with Gasteiger partial charge in [-0.15, -0.1) is 0 Å². The van der Waals surface area contributed by atoms with Crippen molar-refractivity contribution in [2.24, 2.45) is 5.10 Å². The van der Waals surface area contributed by atoms with Crippen molar-refractivity contribution in [2.45, 2.75) is 13.3 Å². The average Bonchev–Trinajstić information content (AvgIpc) is 2.96. The first-order chi connectivity index (χ1) is 10.8. The smallest absolute Gasteiger partial charge is 0.222 e. The van der Waals surface area contributed by atoms with Crippen LogP contribution in [-0.4, -0.2) is 22.8 Å². The van der Waals surface area contributed by atoms with Gasteiger partial charge < -0.3 is 9.72 Å². The number of nitrogens with one attached hydrogen (secondary N) is 2. The van der Waals surface area contributed by atoms with Crippen molar-refractivity contribution in [2.75, 3.05) is 12.5 Å². The monoisotopic (exact) mass is 294 g/mol. The number of methoxy groups -OCH3 is 1. The van der Waals surface area contributed by atoms with Gasteiger partial charge in [0.15, 0.2) is 0 Å². The van der Waals surface area contributed by atoms with Crippen LogP contribution in [-0.2, 0) is 6.42 Å². The van der Waals surface area contributed by atoms with Gasteiger partial charge in [0, 0.05) is 12.1 Å². The molecule has 0 saturated heterocycles. The van der Waals surface area contributed by atoms with Gasteiger partial charge in [0.2, 0.25) is 5.95 Å². The van der Waals surface area contributed by atoms with E-state index in [4.69, 9.17) is 4.74 Å². The lowest BCUT2D eigenvalue weighted by Gasteiger charge is -2.07. The molecule has 2 N–H and O–H groups in total. The summed E-state index contributed by atoms with van der Waals surface area (Å²) in [5, 5.41) is 4.38. The minimum absolute atomic E-state index is 0.639. The number of ether oxygens (including phenoxy) is 1. The quantitative estimate of drug-likeness (QED) is 0.558. The fourth-order valence-corrected chi connectivity index (χ4v) is 2.32. The van der Waals surface area contributed by atoms with Crippen LogP contribution in [0.25, 0.3) is 11.0 Å². The molecule has 0 aliphatic carbocycles. The van der Waals surface area contributed by atoms with Gasteiger partial charge >= 0.3 is 0 Å². The van der Waals surface area contributed by atoms with Crippen molar-refractivity contribution in [1.82, 2.24) is 9.97 Å². The van der Waals surface area contributed by atoms with Crippen LogP contribution in [0, 0.1) is 0 Å². The first kappa shape index (κ1) is 14.1. The average molecular weight is 294 g/mol. The summed E-state index contributed by atoms with van der Waals surface area (Å²) in [7, 11) is 1.68. The lowest BCUT2D eigenvalue weighted by Crippen LogP contribution is -2.03. The SMILES string of the molecule is COc1ccccc1C/C(C)=N\Nc1nc2ccccc2[nH]1. The molecule has 3 rings (SSSR count). The molecule has 0 unspecified atom stereocenters. The lowest BCUT2D eigenvalue weighted by atomic mass is 10.1. The maximum Gasteiger partial charge on any atom is 0.222 e. The zero-order valence-corrected chi connectivity index (χ0v) is 12.6. The number of hydrogen-bond donors (Lipinski definition) is 2. The number of rotatable bonds is 5. The molecular formula is C17H18N4O. The van der Waals surface area contributed by atoms with Gasteiger partial charge in [-0.3, -0.25) is 0 Å². The van der Waals surface area contributed by atoms with Crippen LogP contribution in [0.15, 0.2) is 53.6 Å². The molecule has 0 fully saturated rings. The van der Waals surface area contributed by atoms with Gasteiger partial charge in [-0.2, -0.15) is 5.10 Å². The molecule has 0 aliphatic heterocycles. The molecule has 5 heteroatoms. The summed E-state index contributed by atoms with van der Waals surface area (Å²) in [6.07, 6.45) is 0.719. The molecule has 0 spiro atoms. The number of benzene rings is 2. The van der Waals surface area contributed by atoms with E-state index in [0.717, 1.165) is 34.5 Å². The fraction of sp³-hybridized carbons (Fsp3) is 0.176. The Bertz CT molecular complexity index is 774. The highest BCUT2D eigenvalue weighted by atomic mass is 16.5. The van der Waals surface area contributed by atoms with Gasteiger partial charge in [0.05, 0.1) is 18.1 Å². The number of aromatic amines is 1. The molecule has 2 aromatic carbocycles. The molecule has 0 atom stereocenters. The Hall–Kier alpha value is -2.82. The molecule has 3 aromatic rings. The van der Waals surface area contributed by atoms with Gasteiger partial charge in [0.25, 0.3) is 0 Å². The van der Waals surface area contributed by atoms with E-state index >= 15 is 0 Å². The lowest BCUT2D eigenvalue weighted by molar-refractivity contribution is 0.411. The van der Waals surface area contributed by atoms with E-state index in [9.17, 15) is 0 Å². The predicted molar refractivity (Wildman–Crippen MR) is 89.5 cm³/mol. The number of para-hydroxylation sites is 3. The van der Waals surface area contributed by atoms with Crippen LogP contribution in [0.2, 0.25) is 0 Å². The fourth-order valence-electron chi connectivity index (χ4n) is 2.32. The first-order valence-electron chi connectivity index (χ1n) is 7.12. The zero-order chi connectivity index (χ0) is 15.4. The van der Waals surface area contributed by atoms with Crippen LogP contribution in [0.5, 0.6) is 5.75 Å². The van der Waals surface area contributed by atoms with Crippen molar-refractivity contribution < 1.29 is 4.74 Å². The molecule has 0 amide bonds. The normalized spacial score (nSPS) is 11.6. The summed E-state index contributed by atoms with van der Waals surface area (Å²) in [4.78, 5) is 7.61. The first-order valence-corrected chi connectivity index (χ1v) is 7.12. The number of imidazole rings is 1. The highest BCUT2D eigenvalue weighted by Gasteiger charge is 2.04. The number of nitrogens with zero attached hydrogens (tertiary/aromatic N) is 2. The number of hydrogen-bond acceptors (Lipinski definition) is 4. The van der Waals surface area contributed by atoms with E-state index in [2.05, 4.69) is 20.5 Å². The third-order valence-electron chi connectivity index (χ3n) is 3.38. The topological polar surface area (TPSA) is 62.3 Å². The molecule has 0 radical (unpaired) electrons. The summed E-state index contributed by atoms with van der Waals surface area (Å²) in [6.45, 7) is 1.97. The van der Waals surface area contributed by atoms with E-state index in [1.165, 1.54) is 0 Å². The largest absolute Gasteiger partial charge is 0.496 e. The Morgan fingerprint density at radius 2 is 1.95 bits per heavy atom. The van der Waals surface area contributed by atoms with Crippen LogP contribution in [0.3, 0.4) is 0 Å². The van der Waals surface area contributed by atoms with Gasteiger partial charge in [-0.1, -0.05) is 30.3 Å². The Morgan fingerprint density at radius 1 is 1.18 bits per heavy atom. The van der Waals surface area contributed by atoms with E-state index in [1.807, 2.05) is 55.5 Å². The molecule has 112 valence electrons. The third kappa shape index (κ3) is 3.09. The minimum Gasteiger partial charge on any atom is -0.496 e. The minimum atomic E-state index is 0.639. The van der Waals surface area contributed by atoms with Crippen LogP contribution in [0.1, 0.15) is 12.5 Å². The molecule has 22 heavy (non-hydrogen) atoms. The molecule has 1 aromatic heterocycles. The molecule has 5 nitrogen and oxygen atoms in total. The molecule has 0 aliphatic rings. The number of H-pyrrole nitrogens is 1. The second-order valence-electron chi connectivity index (χ2n) is 5.05. The van der Waals surface area contributed by atoms with E-state index < -0.39 is 0 Å². The Labute approximate surface area is 129 Å². The van der Waals surface area contributed by atoms with Crippen molar-refractivity contribution in [3.63, 3.8) is 0 Å². The third-order valence-corrected chi connectivity index (χ3v) is 3.38. The van der Waals surface area contributed by atoms with Gasteiger partial charge in [0.1, 0.15) is 5.75 Å². The zero-order valence-electron chi connectivity index (χ0n) is 12.6. The standard InChI is InChI=1S/C17H18N4O/c1-12(11-13-7-3-6-10-16(13)22-2)20-21-17-18-14-8-4-5-9-15(14)19-17/h3-10H,11H2,1-2H3,(H2,18,19,21)/b20-12-. The second kappa shape index (κ2) is 6.30. The van der Waals surface area contributed by atoms with Crippen molar-refractivity contribution in [1.29, 1.82) is 0 Å². The maximum absolute atomic E-state index is 5.35. The van der Waals surface area contributed by atoms with E-state index in [0.29, 0.717) is 5.95 Å². The summed E-state index contributed by atoms with van der Waals surface area (Å²) in [6, 6.07) is 15.8. The summed E-state index contributed by atoms with van der Waals surface area (Å²) in [5.41, 5.74) is 6.94. The molecule has 1 heterocycles. The Morgan fingerprint density at radius 3 is 2.77 bits per heavy atom. The van der Waals surface area contributed by atoms with Gasteiger partial charge in [-0.25, -0.2) is 10.4 Å². The summed E-state index contributed by atoms with van der Waals surface area (Å²) < 4.78 is 5.35. The van der Waals surface area contributed by atoms with Crippen molar-refractivity contribution in [3.8, 4) is 5.75 Å². The Balaban J connectivity index is 1.71. The maximum atomic E-state index is 5.35. The van der Waals surface area contributed by atoms with Crippen LogP contribution < -0.4 is 10.2 Å². The summed E-state index contributed by atoms with van der Waals surface area (Å²) in [5.74, 6) is 1.52. The number of anilines is 1. The van der Waals surface area contributed by atoms with Crippen molar-refractivity contribution >= 4 is 22.7 Å². The number of fused-ring (bicyclic) bond motifs is 1. The molecule has 0 bridgehead atoms. The second-order valence-corrected chi connectivity index (χ2v) is 5.05. The number of hydrazone groups is 1. The molecular weight excluding hydrogens is 276 g/mol. The number of aromatic nitrogens is 2. The highest BCUT2D eigenvalue weighted by molar-refractivity contribution is 5.85. The van der Waals surface area contributed by atoms with Gasteiger partial charge in [-0.05, 0) is 30.7 Å². The van der Waals surface area contributed by atoms with Crippen molar-refractivity contribution in [3.05, 3.63) is 54.1 Å². The molecule has 0 saturated carbocycles. The summed E-state index contributed by atoms with van der Waals surface area (Å²) >= 11 is 0.